The normalized spacial score (nSPS) is 15.2. The minimum Gasteiger partial charge on any atom is -0.298 e. The highest BCUT2D eigenvalue weighted by Gasteiger charge is 2.21. The van der Waals surface area contributed by atoms with Crippen LogP contribution in [0, 0.1) is 13.8 Å². The van der Waals surface area contributed by atoms with Gasteiger partial charge in [0.05, 0.1) is 17.9 Å². The Morgan fingerprint density at radius 2 is 2.12 bits per heavy atom. The molecule has 136 valence electrons. The van der Waals surface area contributed by atoms with Crippen LogP contribution < -0.4 is 5.56 Å². The number of rotatable bonds is 4. The van der Waals surface area contributed by atoms with Crippen molar-refractivity contribution in [3.05, 3.63) is 63.5 Å². The summed E-state index contributed by atoms with van der Waals surface area (Å²) in [4.78, 5) is 19.9. The summed E-state index contributed by atoms with van der Waals surface area (Å²) in [5, 5.41) is 7.61. The second kappa shape index (κ2) is 6.57. The SMILES string of the molecule is C=CCn1cc(CN2CCc3nc4cc(C)[nH]n4c(=O)c3CC2)c(C)n1. The molecule has 0 unspecified atom stereocenters. The van der Waals surface area contributed by atoms with E-state index < -0.39 is 0 Å². The van der Waals surface area contributed by atoms with Crippen LogP contribution in [-0.4, -0.2) is 42.4 Å². The third-order valence-corrected chi connectivity index (χ3v) is 5.02. The van der Waals surface area contributed by atoms with Gasteiger partial charge in [0.1, 0.15) is 0 Å². The first-order chi connectivity index (χ1) is 12.5. The predicted molar refractivity (Wildman–Crippen MR) is 100 cm³/mol. The van der Waals surface area contributed by atoms with Crippen molar-refractivity contribution in [3.8, 4) is 0 Å². The average molecular weight is 352 g/mol. The Bertz CT molecular complexity index is 1020. The zero-order valence-electron chi connectivity index (χ0n) is 15.3. The second-order valence-corrected chi connectivity index (χ2v) is 7.00. The summed E-state index contributed by atoms with van der Waals surface area (Å²) in [6.07, 6.45) is 5.46. The van der Waals surface area contributed by atoms with Gasteiger partial charge in [-0.2, -0.15) is 5.10 Å². The fourth-order valence-corrected chi connectivity index (χ4v) is 3.67. The summed E-state index contributed by atoms with van der Waals surface area (Å²) in [6.45, 7) is 11.1. The lowest BCUT2D eigenvalue weighted by atomic mass is 10.1. The van der Waals surface area contributed by atoms with Crippen molar-refractivity contribution in [2.45, 2.75) is 39.8 Å². The maximum Gasteiger partial charge on any atom is 0.276 e. The summed E-state index contributed by atoms with van der Waals surface area (Å²) in [5.41, 5.74) is 5.75. The van der Waals surface area contributed by atoms with E-state index in [0.29, 0.717) is 5.65 Å². The monoisotopic (exact) mass is 352 g/mol. The first-order valence-electron chi connectivity index (χ1n) is 9.01. The Labute approximate surface area is 151 Å². The fourth-order valence-electron chi connectivity index (χ4n) is 3.67. The molecule has 0 fully saturated rings. The van der Waals surface area contributed by atoms with Gasteiger partial charge >= 0.3 is 0 Å². The molecule has 4 heterocycles. The van der Waals surface area contributed by atoms with Crippen LogP contribution in [0.5, 0.6) is 0 Å². The highest BCUT2D eigenvalue weighted by Crippen LogP contribution is 2.16. The third-order valence-electron chi connectivity index (χ3n) is 5.02. The van der Waals surface area contributed by atoms with Crippen LogP contribution >= 0.6 is 0 Å². The van der Waals surface area contributed by atoms with Gasteiger partial charge in [-0.1, -0.05) is 6.08 Å². The molecule has 1 aliphatic rings. The Hall–Kier alpha value is -2.67. The molecular formula is C19H24N6O. The molecule has 0 saturated carbocycles. The third kappa shape index (κ3) is 2.99. The smallest absolute Gasteiger partial charge is 0.276 e. The molecule has 7 heteroatoms. The molecule has 0 aliphatic carbocycles. The van der Waals surface area contributed by atoms with Gasteiger partial charge in [0.2, 0.25) is 0 Å². The molecule has 26 heavy (non-hydrogen) atoms. The highest BCUT2D eigenvalue weighted by molar-refractivity contribution is 5.42. The van der Waals surface area contributed by atoms with E-state index in [1.54, 1.807) is 4.52 Å². The Balaban J connectivity index is 1.56. The van der Waals surface area contributed by atoms with Crippen molar-refractivity contribution in [2.75, 3.05) is 13.1 Å². The quantitative estimate of drug-likeness (QED) is 0.725. The molecule has 0 saturated heterocycles. The van der Waals surface area contributed by atoms with Crippen molar-refractivity contribution in [3.63, 3.8) is 0 Å². The van der Waals surface area contributed by atoms with E-state index in [4.69, 9.17) is 4.98 Å². The van der Waals surface area contributed by atoms with E-state index in [2.05, 4.69) is 27.9 Å². The van der Waals surface area contributed by atoms with Crippen LogP contribution in [-0.2, 0) is 25.9 Å². The van der Waals surface area contributed by atoms with E-state index in [1.807, 2.05) is 30.7 Å². The Morgan fingerprint density at radius 3 is 2.92 bits per heavy atom. The van der Waals surface area contributed by atoms with Crippen molar-refractivity contribution >= 4 is 5.65 Å². The molecule has 3 aromatic heterocycles. The number of hydrogen-bond donors (Lipinski definition) is 1. The van der Waals surface area contributed by atoms with Crippen molar-refractivity contribution < 1.29 is 0 Å². The molecule has 0 bridgehead atoms. The summed E-state index contributed by atoms with van der Waals surface area (Å²) >= 11 is 0. The molecule has 0 amide bonds. The summed E-state index contributed by atoms with van der Waals surface area (Å²) in [6, 6.07) is 1.92. The summed E-state index contributed by atoms with van der Waals surface area (Å²) in [5.74, 6) is 0. The van der Waals surface area contributed by atoms with Crippen molar-refractivity contribution in [1.82, 2.24) is 29.3 Å². The zero-order valence-corrected chi connectivity index (χ0v) is 15.3. The lowest BCUT2D eigenvalue weighted by Crippen LogP contribution is -2.27. The number of fused-ring (bicyclic) bond motifs is 2. The first-order valence-corrected chi connectivity index (χ1v) is 9.01. The molecule has 0 aromatic carbocycles. The molecule has 7 nitrogen and oxygen atoms in total. The largest absolute Gasteiger partial charge is 0.298 e. The summed E-state index contributed by atoms with van der Waals surface area (Å²) < 4.78 is 3.48. The van der Waals surface area contributed by atoms with E-state index >= 15 is 0 Å². The molecule has 1 aliphatic heterocycles. The minimum atomic E-state index is 0.0370. The topological polar surface area (TPSA) is 71.2 Å². The Kier molecular flexibility index (Phi) is 4.24. The van der Waals surface area contributed by atoms with E-state index in [-0.39, 0.29) is 5.56 Å². The zero-order chi connectivity index (χ0) is 18.3. The number of hydrogen-bond acceptors (Lipinski definition) is 4. The maximum absolute atomic E-state index is 12.8. The van der Waals surface area contributed by atoms with Crippen molar-refractivity contribution in [2.24, 2.45) is 0 Å². The molecule has 0 spiro atoms. The molecular weight excluding hydrogens is 328 g/mol. The lowest BCUT2D eigenvalue weighted by Gasteiger charge is -2.18. The van der Waals surface area contributed by atoms with Gasteiger partial charge in [-0.15, -0.1) is 6.58 Å². The number of H-pyrrole nitrogens is 1. The average Bonchev–Trinajstić information content (AvgIpc) is 3.06. The van der Waals surface area contributed by atoms with Crippen LogP contribution in [0.15, 0.2) is 29.7 Å². The molecule has 0 radical (unpaired) electrons. The van der Waals surface area contributed by atoms with Gasteiger partial charge in [0, 0.05) is 55.1 Å². The lowest BCUT2D eigenvalue weighted by molar-refractivity contribution is 0.278. The highest BCUT2D eigenvalue weighted by atomic mass is 16.1. The molecule has 1 N–H and O–H groups in total. The standard InChI is InChI=1S/C19H24N6O/c1-4-7-24-12-15(14(3)22-24)11-23-8-5-16-17(6-9-23)20-18-10-13(2)21-25(18)19(16)26/h4,10,12,21H,1,5-9,11H2,2-3H3. The molecule has 4 rings (SSSR count). The van der Waals surface area contributed by atoms with Gasteiger partial charge in [-0.25, -0.2) is 9.50 Å². The number of allylic oxidation sites excluding steroid dienone is 1. The second-order valence-electron chi connectivity index (χ2n) is 7.00. The van der Waals surface area contributed by atoms with Gasteiger partial charge in [-0.05, 0) is 20.3 Å². The van der Waals surface area contributed by atoms with Crippen LogP contribution in [0.3, 0.4) is 0 Å². The fraction of sp³-hybridized carbons (Fsp3) is 0.421. The number of aryl methyl sites for hydroxylation is 2. The maximum atomic E-state index is 12.8. The summed E-state index contributed by atoms with van der Waals surface area (Å²) in [7, 11) is 0. The van der Waals surface area contributed by atoms with Crippen LogP contribution in [0.25, 0.3) is 5.65 Å². The van der Waals surface area contributed by atoms with E-state index in [0.717, 1.165) is 61.7 Å². The number of aromatic nitrogens is 5. The van der Waals surface area contributed by atoms with Gasteiger partial charge in [0.25, 0.3) is 5.56 Å². The van der Waals surface area contributed by atoms with E-state index in [1.165, 1.54) is 5.56 Å². The number of nitrogens with one attached hydrogen (secondary N) is 1. The number of nitrogens with zero attached hydrogens (tertiary/aromatic N) is 5. The van der Waals surface area contributed by atoms with Crippen LogP contribution in [0.1, 0.15) is 28.2 Å². The van der Waals surface area contributed by atoms with Crippen LogP contribution in [0.4, 0.5) is 0 Å². The van der Waals surface area contributed by atoms with Gasteiger partial charge in [0.15, 0.2) is 5.65 Å². The van der Waals surface area contributed by atoms with Crippen LogP contribution in [0.2, 0.25) is 0 Å². The van der Waals surface area contributed by atoms with E-state index in [9.17, 15) is 4.79 Å². The number of aromatic amines is 1. The minimum absolute atomic E-state index is 0.0370. The molecule has 3 aromatic rings. The Morgan fingerprint density at radius 1 is 1.31 bits per heavy atom. The molecule has 0 atom stereocenters. The van der Waals surface area contributed by atoms with Crippen molar-refractivity contribution in [1.29, 1.82) is 0 Å². The first kappa shape index (κ1) is 16.8. The predicted octanol–water partition coefficient (Wildman–Crippen LogP) is 1.62. The van der Waals surface area contributed by atoms with Gasteiger partial charge in [-0.3, -0.25) is 19.5 Å². The van der Waals surface area contributed by atoms with Gasteiger partial charge < -0.3 is 0 Å².